The number of hydrogen-bond acceptors (Lipinski definition) is 3. The third kappa shape index (κ3) is 3.13. The van der Waals surface area contributed by atoms with Crippen LogP contribution in [-0.4, -0.2) is 33.7 Å². The van der Waals surface area contributed by atoms with E-state index in [0.717, 1.165) is 35.2 Å². The molecule has 1 saturated heterocycles. The fourth-order valence-corrected chi connectivity index (χ4v) is 4.46. The molecule has 0 radical (unpaired) electrons. The van der Waals surface area contributed by atoms with Gasteiger partial charge in [-0.15, -0.1) is 0 Å². The third-order valence-corrected chi connectivity index (χ3v) is 6.06. The van der Waals surface area contributed by atoms with E-state index in [9.17, 15) is 18.8 Å². The Bertz CT molecular complexity index is 1060. The van der Waals surface area contributed by atoms with Gasteiger partial charge in [-0.3, -0.25) is 14.5 Å². The molecule has 6 nitrogen and oxygen atoms in total. The van der Waals surface area contributed by atoms with Crippen LogP contribution in [0.3, 0.4) is 0 Å². The van der Waals surface area contributed by atoms with E-state index in [1.807, 2.05) is 19.9 Å². The van der Waals surface area contributed by atoms with E-state index in [2.05, 4.69) is 9.88 Å². The van der Waals surface area contributed by atoms with Gasteiger partial charge in [-0.1, -0.05) is 17.7 Å². The van der Waals surface area contributed by atoms with E-state index in [0.29, 0.717) is 11.6 Å². The molecule has 1 aliphatic heterocycles. The molecule has 1 aromatic carbocycles. The lowest BCUT2D eigenvalue weighted by Gasteiger charge is -2.23. The van der Waals surface area contributed by atoms with Crippen LogP contribution in [0.25, 0.3) is 0 Å². The number of rotatable bonds is 5. The van der Waals surface area contributed by atoms with Crippen LogP contribution in [0.4, 0.5) is 9.18 Å². The minimum absolute atomic E-state index is 0.0299. The molecule has 29 heavy (non-hydrogen) atoms. The zero-order valence-corrected chi connectivity index (χ0v) is 17.1. The van der Waals surface area contributed by atoms with Crippen molar-refractivity contribution in [3.05, 3.63) is 57.6 Å². The summed E-state index contributed by atoms with van der Waals surface area (Å²) >= 11 is 6.11. The van der Waals surface area contributed by atoms with Crippen molar-refractivity contribution in [1.29, 1.82) is 0 Å². The van der Waals surface area contributed by atoms with Crippen molar-refractivity contribution in [2.75, 3.05) is 6.54 Å². The van der Waals surface area contributed by atoms with Crippen LogP contribution in [0.15, 0.2) is 24.3 Å². The molecule has 1 unspecified atom stereocenters. The SMILES string of the molecule is Cc1cc(C(=O)CN2C(=O)NC(C)(c3ccc(F)cc3Cl)C2=O)c(C)n1C1CC1. The number of hydrogen-bond donors (Lipinski definition) is 1. The second kappa shape index (κ2) is 6.69. The van der Waals surface area contributed by atoms with Crippen molar-refractivity contribution in [3.63, 3.8) is 0 Å². The van der Waals surface area contributed by atoms with Crippen molar-refractivity contribution in [1.82, 2.24) is 14.8 Å². The summed E-state index contributed by atoms with van der Waals surface area (Å²) in [6, 6.07) is 5.18. The van der Waals surface area contributed by atoms with Crippen LogP contribution in [0, 0.1) is 19.7 Å². The first-order valence-electron chi connectivity index (χ1n) is 9.44. The minimum atomic E-state index is -1.47. The lowest BCUT2D eigenvalue weighted by molar-refractivity contribution is -0.130. The van der Waals surface area contributed by atoms with E-state index >= 15 is 0 Å². The number of nitrogens with zero attached hydrogens (tertiary/aromatic N) is 2. The lowest BCUT2D eigenvalue weighted by Crippen LogP contribution is -2.41. The molecule has 2 aliphatic rings. The van der Waals surface area contributed by atoms with E-state index in [1.54, 1.807) is 0 Å². The Morgan fingerprint density at radius 3 is 2.59 bits per heavy atom. The number of halogens is 2. The number of aryl methyl sites for hydroxylation is 1. The van der Waals surface area contributed by atoms with Gasteiger partial charge < -0.3 is 9.88 Å². The monoisotopic (exact) mass is 417 g/mol. The molecular weight excluding hydrogens is 397 g/mol. The maximum Gasteiger partial charge on any atom is 0.325 e. The first-order valence-corrected chi connectivity index (χ1v) is 9.82. The highest BCUT2D eigenvalue weighted by atomic mass is 35.5. The standard InChI is InChI=1S/C21H21ClFN3O3/c1-11-8-15(12(2)26(11)14-5-6-14)18(27)10-25-19(28)21(3,24-20(25)29)16-7-4-13(23)9-17(16)22/h4,7-9,14H,5-6,10H2,1-3H3,(H,24,29). The highest BCUT2D eigenvalue weighted by Gasteiger charge is 2.50. The van der Waals surface area contributed by atoms with Gasteiger partial charge >= 0.3 is 6.03 Å². The summed E-state index contributed by atoms with van der Waals surface area (Å²) in [5.74, 6) is -1.44. The third-order valence-electron chi connectivity index (χ3n) is 5.74. The molecule has 1 aromatic heterocycles. The Hall–Kier alpha value is -2.67. The molecule has 1 saturated carbocycles. The molecule has 3 amide bonds. The predicted molar refractivity (Wildman–Crippen MR) is 106 cm³/mol. The quantitative estimate of drug-likeness (QED) is 0.592. The van der Waals surface area contributed by atoms with Crippen molar-refractivity contribution in [2.45, 2.75) is 45.2 Å². The molecule has 1 aliphatic carbocycles. The van der Waals surface area contributed by atoms with Gasteiger partial charge in [-0.25, -0.2) is 9.18 Å². The number of ketones is 1. The van der Waals surface area contributed by atoms with Crippen LogP contribution in [0.2, 0.25) is 5.02 Å². The van der Waals surface area contributed by atoms with Crippen LogP contribution in [0.1, 0.15) is 53.1 Å². The van der Waals surface area contributed by atoms with Gasteiger partial charge in [-0.05, 0) is 51.8 Å². The Labute approximate surface area is 172 Å². The predicted octanol–water partition coefficient (Wildman–Crippen LogP) is 3.88. The van der Waals surface area contributed by atoms with E-state index in [4.69, 9.17) is 11.6 Å². The number of imide groups is 1. The zero-order valence-electron chi connectivity index (χ0n) is 16.4. The fraction of sp³-hybridized carbons (Fsp3) is 0.381. The Kier molecular flexibility index (Phi) is 4.53. The number of amides is 3. The Morgan fingerprint density at radius 1 is 1.28 bits per heavy atom. The number of nitrogens with one attached hydrogen (secondary N) is 1. The molecule has 2 fully saturated rings. The number of carbonyl (C=O) groups is 3. The van der Waals surface area contributed by atoms with Crippen LogP contribution >= 0.6 is 11.6 Å². The van der Waals surface area contributed by atoms with Crippen molar-refractivity contribution in [3.8, 4) is 0 Å². The minimum Gasteiger partial charge on any atom is -0.345 e. The van der Waals surface area contributed by atoms with Crippen LogP contribution in [-0.2, 0) is 10.3 Å². The maximum atomic E-state index is 13.4. The number of aromatic nitrogens is 1. The van der Waals surface area contributed by atoms with Gasteiger partial charge in [0.25, 0.3) is 5.91 Å². The molecule has 0 bridgehead atoms. The molecule has 152 valence electrons. The van der Waals surface area contributed by atoms with Crippen LogP contribution in [0.5, 0.6) is 0 Å². The highest BCUT2D eigenvalue weighted by Crippen LogP contribution is 2.39. The first kappa shape index (κ1) is 19.6. The summed E-state index contributed by atoms with van der Waals surface area (Å²) in [6.45, 7) is 4.96. The highest BCUT2D eigenvalue weighted by molar-refractivity contribution is 6.32. The zero-order chi connectivity index (χ0) is 21.1. The van der Waals surface area contributed by atoms with Gasteiger partial charge in [0.15, 0.2) is 5.78 Å². The molecule has 4 rings (SSSR count). The Morgan fingerprint density at radius 2 is 1.97 bits per heavy atom. The smallest absolute Gasteiger partial charge is 0.325 e. The topological polar surface area (TPSA) is 71.4 Å². The fourth-order valence-electron chi connectivity index (χ4n) is 4.10. The van der Waals surface area contributed by atoms with Gasteiger partial charge in [0.05, 0.1) is 6.54 Å². The summed E-state index contributed by atoms with van der Waals surface area (Å²) in [6.07, 6.45) is 2.18. The maximum absolute atomic E-state index is 13.4. The number of benzene rings is 1. The largest absolute Gasteiger partial charge is 0.345 e. The average molecular weight is 418 g/mol. The van der Waals surface area contributed by atoms with Gasteiger partial charge in [0.2, 0.25) is 0 Å². The van der Waals surface area contributed by atoms with Gasteiger partial charge in [0, 0.05) is 33.6 Å². The van der Waals surface area contributed by atoms with Crippen molar-refractivity contribution >= 4 is 29.3 Å². The Balaban J connectivity index is 1.60. The molecule has 8 heteroatoms. The second-order valence-electron chi connectivity index (χ2n) is 7.88. The summed E-state index contributed by atoms with van der Waals surface area (Å²) < 4.78 is 15.5. The molecular formula is C21H21ClFN3O3. The van der Waals surface area contributed by atoms with Gasteiger partial charge in [-0.2, -0.15) is 0 Å². The number of carbonyl (C=O) groups excluding carboxylic acids is 3. The molecule has 1 N–H and O–H groups in total. The van der Waals surface area contributed by atoms with E-state index in [1.165, 1.54) is 19.1 Å². The van der Waals surface area contributed by atoms with Crippen molar-refractivity contribution < 1.29 is 18.8 Å². The first-order chi connectivity index (χ1) is 13.6. The van der Waals surface area contributed by atoms with Crippen molar-refractivity contribution in [2.24, 2.45) is 0 Å². The summed E-state index contributed by atoms with van der Waals surface area (Å²) in [5, 5.41) is 2.63. The average Bonchev–Trinajstić information content (AvgIpc) is 3.39. The number of Topliss-reactive ketones (excluding diaryl/α,β-unsaturated/α-hetero) is 1. The van der Waals surface area contributed by atoms with E-state index < -0.39 is 23.3 Å². The van der Waals surface area contributed by atoms with Gasteiger partial charge in [0.1, 0.15) is 11.4 Å². The number of urea groups is 1. The lowest BCUT2D eigenvalue weighted by atomic mass is 9.92. The summed E-state index contributed by atoms with van der Waals surface area (Å²) in [7, 11) is 0. The summed E-state index contributed by atoms with van der Waals surface area (Å²) in [5.41, 5.74) is 1.18. The molecule has 1 atom stereocenters. The second-order valence-corrected chi connectivity index (χ2v) is 8.29. The van der Waals surface area contributed by atoms with E-state index in [-0.39, 0.29) is 22.9 Å². The molecule has 2 heterocycles. The molecule has 0 spiro atoms. The normalized spacial score (nSPS) is 21.6. The molecule has 2 aromatic rings. The van der Waals surface area contributed by atoms with Crippen LogP contribution < -0.4 is 5.32 Å². The summed E-state index contributed by atoms with van der Waals surface area (Å²) in [4.78, 5) is 39.4.